The molecule has 0 radical (unpaired) electrons. The maximum atomic E-state index is 10.5. The van der Waals surface area contributed by atoms with Crippen molar-refractivity contribution in [3.63, 3.8) is 0 Å². The minimum atomic E-state index is 0. The summed E-state index contributed by atoms with van der Waals surface area (Å²) in [5.74, 6) is 0. The Morgan fingerprint density at radius 3 is 0.880 bits per heavy atom. The predicted octanol–water partition coefficient (Wildman–Crippen LogP) is -2.66. The quantitative estimate of drug-likeness (QED) is 0.166. The van der Waals surface area contributed by atoms with Crippen LogP contribution in [0.3, 0.4) is 0 Å². The van der Waals surface area contributed by atoms with Crippen molar-refractivity contribution in [3.8, 4) is 0 Å². The second kappa shape index (κ2) is 13.2. The standard InChI is InChI=1S/3C5H5NOSe.Co/c3*7-6-4-2-1-3-5(6)8;/h3*1-4,8H;/q;;;+3/p-3. The Labute approximate surface area is 180 Å². The Morgan fingerprint density at radius 1 is 0.520 bits per heavy atom. The van der Waals surface area contributed by atoms with Crippen molar-refractivity contribution in [2.75, 3.05) is 0 Å². The molecule has 0 unspecified atom stereocenters. The molecule has 132 valence electrons. The first-order valence-corrected chi connectivity index (χ1v) is 9.04. The third-order valence-corrected chi connectivity index (χ3v) is 4.35. The second-order valence-corrected chi connectivity index (χ2v) is 6.73. The molecule has 3 heterocycles. The van der Waals surface area contributed by atoms with Gasteiger partial charge in [0.2, 0.25) is 0 Å². The van der Waals surface area contributed by atoms with Gasteiger partial charge in [-0.05, 0) is 0 Å². The van der Waals surface area contributed by atoms with Crippen molar-refractivity contribution in [1.29, 1.82) is 0 Å². The van der Waals surface area contributed by atoms with E-state index in [1.54, 1.807) is 54.6 Å². The van der Waals surface area contributed by atoms with E-state index in [-0.39, 0.29) is 16.8 Å². The number of nitrogens with zero attached hydrogens (tertiary/aromatic N) is 3. The Hall–Kier alpha value is -1.09. The Kier molecular flexibility index (Phi) is 12.6. The van der Waals surface area contributed by atoms with Crippen molar-refractivity contribution in [2.45, 2.75) is 0 Å². The van der Waals surface area contributed by atoms with Crippen LogP contribution in [0.25, 0.3) is 0 Å². The molecule has 0 aliphatic heterocycles. The third-order valence-electron chi connectivity index (χ3n) is 2.37. The summed E-state index contributed by atoms with van der Waals surface area (Å²) in [6, 6.07) is 15.6. The number of rotatable bonds is 0. The van der Waals surface area contributed by atoms with E-state index in [2.05, 4.69) is 48.0 Å². The van der Waals surface area contributed by atoms with E-state index < -0.39 is 0 Å². The van der Waals surface area contributed by atoms with Gasteiger partial charge in [-0.2, -0.15) is 0 Å². The van der Waals surface area contributed by atoms with Crippen molar-refractivity contribution >= 4 is 61.8 Å². The molecule has 0 atom stereocenters. The summed E-state index contributed by atoms with van der Waals surface area (Å²) in [5, 5.41) is 31.5. The zero-order chi connectivity index (χ0) is 17.9. The van der Waals surface area contributed by atoms with Gasteiger partial charge in [-0.15, -0.1) is 0 Å². The van der Waals surface area contributed by atoms with E-state index in [0.29, 0.717) is 13.8 Å². The fraction of sp³-hybridized carbons (Fsp3) is 0. The fourth-order valence-electron chi connectivity index (χ4n) is 1.24. The van der Waals surface area contributed by atoms with Crippen molar-refractivity contribution < 1.29 is 31.0 Å². The molecule has 0 aliphatic rings. The Morgan fingerprint density at radius 2 is 0.760 bits per heavy atom. The van der Waals surface area contributed by atoms with E-state index in [9.17, 15) is 15.6 Å². The topological polar surface area (TPSA) is 80.8 Å². The van der Waals surface area contributed by atoms with Gasteiger partial charge in [0.15, 0.2) is 0 Å². The van der Waals surface area contributed by atoms with Crippen LogP contribution in [0, 0.1) is 15.6 Å². The fourth-order valence-corrected chi connectivity index (χ4v) is 2.12. The predicted molar refractivity (Wildman–Crippen MR) is 92.4 cm³/mol. The number of hydrogen-bond donors (Lipinski definition) is 0. The first kappa shape index (κ1) is 23.9. The third kappa shape index (κ3) is 9.84. The van der Waals surface area contributed by atoms with E-state index in [0.717, 1.165) is 14.2 Å². The molecule has 3 aromatic rings. The van der Waals surface area contributed by atoms with E-state index in [4.69, 9.17) is 0 Å². The van der Waals surface area contributed by atoms with Crippen molar-refractivity contribution in [3.05, 3.63) is 88.8 Å². The van der Waals surface area contributed by atoms with Gasteiger partial charge in [-0.3, -0.25) is 0 Å². The summed E-state index contributed by atoms with van der Waals surface area (Å²) in [6.45, 7) is 0. The summed E-state index contributed by atoms with van der Waals surface area (Å²) in [7, 11) is 0. The van der Waals surface area contributed by atoms with Crippen LogP contribution in [0.15, 0.2) is 73.2 Å². The van der Waals surface area contributed by atoms with Crippen LogP contribution in [-0.4, -0.2) is 48.0 Å². The summed E-state index contributed by atoms with van der Waals surface area (Å²) in [4.78, 5) is 0. The molecule has 0 aliphatic carbocycles. The Balaban J connectivity index is 0.000000339. The monoisotopic (exact) mass is 581 g/mol. The second-order valence-electron chi connectivity index (χ2n) is 4.09. The van der Waals surface area contributed by atoms with Crippen molar-refractivity contribution in [1.82, 2.24) is 0 Å². The molecule has 0 spiro atoms. The maximum absolute atomic E-state index is 10.5. The zero-order valence-electron chi connectivity index (χ0n) is 12.6. The van der Waals surface area contributed by atoms with Gasteiger partial charge < -0.3 is 0 Å². The Bertz CT molecular complexity index is 615. The molecule has 3 rings (SSSR count). The van der Waals surface area contributed by atoms with Gasteiger partial charge in [0.25, 0.3) is 0 Å². The average Bonchev–Trinajstić information content (AvgIpc) is 2.57. The van der Waals surface area contributed by atoms with E-state index in [1.807, 2.05) is 0 Å². The van der Waals surface area contributed by atoms with Gasteiger partial charge in [0, 0.05) is 0 Å². The molecule has 0 amide bonds. The van der Waals surface area contributed by atoms with Crippen LogP contribution in [0.4, 0.5) is 0 Å². The first-order chi connectivity index (χ1) is 11.4. The van der Waals surface area contributed by atoms with Crippen LogP contribution in [0.1, 0.15) is 0 Å². The van der Waals surface area contributed by atoms with Crippen LogP contribution in [0.2, 0.25) is 0 Å². The molecule has 0 saturated heterocycles. The average molecular weight is 578 g/mol. The minimum absolute atomic E-state index is 0. The molecular formula is C15H12CoN3O3Se3. The molecule has 0 fully saturated rings. The van der Waals surface area contributed by atoms with Crippen molar-refractivity contribution in [2.24, 2.45) is 0 Å². The normalized spacial score (nSPS) is 8.64. The number of pyridine rings is 3. The van der Waals surface area contributed by atoms with Gasteiger partial charge >= 0.3 is 182 Å². The van der Waals surface area contributed by atoms with Gasteiger partial charge in [-0.25, -0.2) is 0 Å². The zero-order valence-corrected chi connectivity index (χ0v) is 18.7. The summed E-state index contributed by atoms with van der Waals surface area (Å²) >= 11 is 7.86. The molecule has 0 N–H and O–H groups in total. The van der Waals surface area contributed by atoms with Crippen LogP contribution in [-0.2, 0) is 16.8 Å². The summed E-state index contributed by atoms with van der Waals surface area (Å²) < 4.78 is 4.15. The van der Waals surface area contributed by atoms with Crippen LogP contribution >= 0.6 is 0 Å². The molecule has 0 saturated carbocycles. The number of hydrogen-bond acceptors (Lipinski definition) is 3. The van der Waals surface area contributed by atoms with Crippen LogP contribution in [0.5, 0.6) is 0 Å². The first-order valence-electron chi connectivity index (χ1n) is 6.47. The molecular weight excluding hydrogens is 566 g/mol. The molecule has 25 heavy (non-hydrogen) atoms. The molecule has 10 heteroatoms. The molecule has 6 nitrogen and oxygen atoms in total. The van der Waals surface area contributed by atoms with E-state index >= 15 is 0 Å². The number of aromatic nitrogens is 3. The molecule has 3 aromatic heterocycles. The summed E-state index contributed by atoms with van der Waals surface area (Å²) in [6.07, 6.45) is 4.35. The summed E-state index contributed by atoms with van der Waals surface area (Å²) in [5.41, 5.74) is 0. The molecule has 0 bridgehead atoms. The van der Waals surface area contributed by atoms with Crippen LogP contribution < -0.4 is 28.0 Å². The van der Waals surface area contributed by atoms with E-state index in [1.165, 1.54) is 18.6 Å². The van der Waals surface area contributed by atoms with Gasteiger partial charge in [0.1, 0.15) is 0 Å². The molecule has 0 aromatic carbocycles. The van der Waals surface area contributed by atoms with Gasteiger partial charge in [-0.1, -0.05) is 0 Å². The van der Waals surface area contributed by atoms with Gasteiger partial charge in [0.05, 0.1) is 0 Å². The SMILES string of the molecule is [Co+3].[O-][n+]1ccccc1[Se-].[O-][n+]1ccccc1[Se-].[O-][n+]1ccccc1[Se-].